The molecule has 4 rings (SSSR count). The molecule has 13 heteroatoms. The Kier molecular flexibility index (Phi) is 5.68. The number of sulfonamides is 1. The SMILES string of the molecule is Cn1ncc(-c2noc(-c3ccc(S(N)(=O)=O)cc3)n2)c1COc1ccc(C(F)(F)F)cc1. The van der Waals surface area contributed by atoms with Gasteiger partial charge in [0.25, 0.3) is 5.89 Å². The second kappa shape index (κ2) is 8.33. The minimum Gasteiger partial charge on any atom is -0.487 e. The maximum absolute atomic E-state index is 12.7. The van der Waals surface area contributed by atoms with Crippen LogP contribution in [0.25, 0.3) is 22.8 Å². The Morgan fingerprint density at radius 1 is 1.09 bits per heavy atom. The molecule has 2 aromatic carbocycles. The molecule has 0 unspecified atom stereocenters. The summed E-state index contributed by atoms with van der Waals surface area (Å²) < 4.78 is 73.3. The first kappa shape index (κ1) is 22.5. The van der Waals surface area contributed by atoms with Gasteiger partial charge in [-0.2, -0.15) is 23.3 Å². The van der Waals surface area contributed by atoms with Crippen molar-refractivity contribution in [3.63, 3.8) is 0 Å². The third kappa shape index (κ3) is 4.88. The van der Waals surface area contributed by atoms with E-state index in [9.17, 15) is 21.6 Å². The summed E-state index contributed by atoms with van der Waals surface area (Å²) >= 11 is 0. The smallest absolute Gasteiger partial charge is 0.416 e. The molecule has 0 aliphatic rings. The number of halogens is 3. The van der Waals surface area contributed by atoms with Crippen LogP contribution < -0.4 is 9.88 Å². The lowest BCUT2D eigenvalue weighted by Gasteiger charge is -2.10. The van der Waals surface area contributed by atoms with Crippen LogP contribution in [0.3, 0.4) is 0 Å². The average Bonchev–Trinajstić information content (AvgIpc) is 3.38. The molecule has 4 aromatic rings. The number of alkyl halides is 3. The van der Waals surface area contributed by atoms with Crippen LogP contribution >= 0.6 is 0 Å². The van der Waals surface area contributed by atoms with Crippen molar-refractivity contribution in [2.45, 2.75) is 17.7 Å². The van der Waals surface area contributed by atoms with Crippen molar-refractivity contribution in [1.82, 2.24) is 19.9 Å². The molecule has 0 amide bonds. The van der Waals surface area contributed by atoms with Crippen molar-refractivity contribution in [3.05, 3.63) is 66.0 Å². The van der Waals surface area contributed by atoms with Crippen LogP contribution in [0.1, 0.15) is 11.3 Å². The van der Waals surface area contributed by atoms with E-state index in [-0.39, 0.29) is 29.0 Å². The van der Waals surface area contributed by atoms with Crippen LogP contribution in [0, 0.1) is 0 Å². The van der Waals surface area contributed by atoms with Gasteiger partial charge in [0.15, 0.2) is 0 Å². The van der Waals surface area contributed by atoms with E-state index in [1.165, 1.54) is 47.3 Å². The molecule has 9 nitrogen and oxygen atoms in total. The Hall–Kier alpha value is -3.71. The predicted molar refractivity (Wildman–Crippen MR) is 109 cm³/mol. The maximum atomic E-state index is 12.7. The third-order valence-electron chi connectivity index (χ3n) is 4.72. The van der Waals surface area contributed by atoms with Gasteiger partial charge in [0.2, 0.25) is 15.8 Å². The summed E-state index contributed by atoms with van der Waals surface area (Å²) in [6.07, 6.45) is -2.92. The molecule has 0 fully saturated rings. The minimum absolute atomic E-state index is 0.00979. The number of ether oxygens (including phenoxy) is 1. The highest BCUT2D eigenvalue weighted by molar-refractivity contribution is 7.89. The van der Waals surface area contributed by atoms with Crippen molar-refractivity contribution in [2.24, 2.45) is 12.2 Å². The number of aryl methyl sites for hydroxylation is 1. The minimum atomic E-state index is -4.43. The lowest BCUT2D eigenvalue weighted by atomic mass is 10.2. The molecule has 0 radical (unpaired) electrons. The maximum Gasteiger partial charge on any atom is 0.416 e. The Morgan fingerprint density at radius 2 is 1.76 bits per heavy atom. The number of hydrogen-bond donors (Lipinski definition) is 1. The van der Waals surface area contributed by atoms with Crippen LogP contribution in [0.2, 0.25) is 0 Å². The fourth-order valence-electron chi connectivity index (χ4n) is 2.95. The molecule has 0 aliphatic heterocycles. The number of nitrogens with two attached hydrogens (primary N) is 1. The quantitative estimate of drug-likeness (QED) is 0.449. The first-order valence-corrected chi connectivity index (χ1v) is 10.9. The predicted octanol–water partition coefficient (Wildman–Crippen LogP) is 3.38. The molecule has 0 aliphatic carbocycles. The van der Waals surface area contributed by atoms with Gasteiger partial charge in [-0.3, -0.25) is 4.68 Å². The molecule has 0 saturated carbocycles. The number of hydrogen-bond acceptors (Lipinski definition) is 7. The number of rotatable bonds is 6. The molecule has 2 heterocycles. The lowest BCUT2D eigenvalue weighted by molar-refractivity contribution is -0.137. The van der Waals surface area contributed by atoms with Gasteiger partial charge in [0.1, 0.15) is 12.4 Å². The van der Waals surface area contributed by atoms with Crippen molar-refractivity contribution in [2.75, 3.05) is 0 Å². The highest BCUT2D eigenvalue weighted by Crippen LogP contribution is 2.31. The molecular formula is C20H16F3N5O4S. The van der Waals surface area contributed by atoms with Crippen LogP contribution in [0.4, 0.5) is 13.2 Å². The number of benzene rings is 2. The normalized spacial score (nSPS) is 12.2. The highest BCUT2D eigenvalue weighted by atomic mass is 32.2. The third-order valence-corrected chi connectivity index (χ3v) is 5.64. The van der Waals surface area contributed by atoms with Crippen LogP contribution in [-0.4, -0.2) is 28.3 Å². The van der Waals surface area contributed by atoms with Gasteiger partial charge >= 0.3 is 6.18 Å². The molecule has 0 bridgehead atoms. The molecule has 172 valence electrons. The largest absolute Gasteiger partial charge is 0.487 e. The fraction of sp³-hybridized carbons (Fsp3) is 0.150. The summed E-state index contributed by atoms with van der Waals surface area (Å²) in [5.41, 5.74) is 0.771. The molecule has 0 atom stereocenters. The zero-order valence-corrected chi connectivity index (χ0v) is 17.8. The summed E-state index contributed by atoms with van der Waals surface area (Å²) in [5.74, 6) is 0.600. The highest BCUT2D eigenvalue weighted by Gasteiger charge is 2.30. The van der Waals surface area contributed by atoms with E-state index < -0.39 is 21.8 Å². The number of nitrogens with zero attached hydrogens (tertiary/aromatic N) is 4. The fourth-order valence-corrected chi connectivity index (χ4v) is 3.47. The second-order valence-corrected chi connectivity index (χ2v) is 8.49. The number of aromatic nitrogens is 4. The Labute approximate surface area is 185 Å². The zero-order chi connectivity index (χ0) is 23.8. The number of primary sulfonamides is 1. The molecule has 0 saturated heterocycles. The average molecular weight is 479 g/mol. The molecular weight excluding hydrogens is 463 g/mol. The van der Waals surface area contributed by atoms with Crippen molar-refractivity contribution in [1.29, 1.82) is 0 Å². The van der Waals surface area contributed by atoms with Crippen LogP contribution in [-0.2, 0) is 29.9 Å². The first-order chi connectivity index (χ1) is 15.5. The van der Waals surface area contributed by atoms with E-state index in [2.05, 4.69) is 15.2 Å². The molecule has 33 heavy (non-hydrogen) atoms. The van der Waals surface area contributed by atoms with E-state index in [1.54, 1.807) is 7.05 Å². The van der Waals surface area contributed by atoms with E-state index in [4.69, 9.17) is 14.4 Å². The zero-order valence-electron chi connectivity index (χ0n) is 16.9. The molecule has 2 aromatic heterocycles. The Bertz CT molecular complexity index is 1380. The summed E-state index contributed by atoms with van der Waals surface area (Å²) in [5, 5.41) is 13.2. The van der Waals surface area contributed by atoms with E-state index >= 15 is 0 Å². The van der Waals surface area contributed by atoms with E-state index in [1.807, 2.05) is 0 Å². The summed E-state index contributed by atoms with van der Waals surface area (Å²) in [7, 11) is -2.16. The lowest BCUT2D eigenvalue weighted by Crippen LogP contribution is -2.11. The van der Waals surface area contributed by atoms with Gasteiger partial charge in [-0.05, 0) is 48.5 Å². The van der Waals surface area contributed by atoms with E-state index in [0.717, 1.165) is 12.1 Å². The standard InChI is InChI=1S/C20H16F3N5O4S/c1-28-17(11-31-14-6-4-13(5-7-14)20(21,22)23)16(10-25-28)18-26-19(32-27-18)12-2-8-15(9-3-12)33(24,29)30/h2-10H,11H2,1H3,(H2,24,29,30). The monoisotopic (exact) mass is 479 g/mol. The van der Waals surface area contributed by atoms with Crippen LogP contribution in [0.15, 0.2) is 64.1 Å². The van der Waals surface area contributed by atoms with Gasteiger partial charge in [-0.1, -0.05) is 5.16 Å². The van der Waals surface area contributed by atoms with Crippen molar-refractivity contribution in [3.8, 4) is 28.6 Å². The first-order valence-electron chi connectivity index (χ1n) is 9.30. The second-order valence-electron chi connectivity index (χ2n) is 6.93. The summed E-state index contributed by atoms with van der Waals surface area (Å²) in [4.78, 5) is 4.26. The summed E-state index contributed by atoms with van der Waals surface area (Å²) in [6.45, 7) is -0.00979. The summed E-state index contributed by atoms with van der Waals surface area (Å²) in [6, 6.07) is 9.94. The molecule has 0 spiro atoms. The van der Waals surface area contributed by atoms with Crippen molar-refractivity contribution < 1.29 is 30.8 Å². The van der Waals surface area contributed by atoms with Crippen molar-refractivity contribution >= 4 is 10.0 Å². The van der Waals surface area contributed by atoms with Gasteiger partial charge in [0, 0.05) is 12.6 Å². The molecule has 2 N–H and O–H groups in total. The Morgan fingerprint density at radius 3 is 2.36 bits per heavy atom. The van der Waals surface area contributed by atoms with E-state index in [0.29, 0.717) is 16.8 Å². The van der Waals surface area contributed by atoms with Gasteiger partial charge < -0.3 is 9.26 Å². The Balaban J connectivity index is 1.53. The van der Waals surface area contributed by atoms with Gasteiger partial charge in [-0.25, -0.2) is 13.6 Å². The topological polar surface area (TPSA) is 126 Å². The van der Waals surface area contributed by atoms with Crippen LogP contribution in [0.5, 0.6) is 5.75 Å². The van der Waals surface area contributed by atoms with Gasteiger partial charge in [0.05, 0.1) is 27.9 Å². The van der Waals surface area contributed by atoms with Gasteiger partial charge in [-0.15, -0.1) is 0 Å².